The largest absolute Gasteiger partial charge is 0.372 e. The van der Waals surface area contributed by atoms with Crippen LogP contribution in [0.25, 0.3) is 0 Å². The zero-order chi connectivity index (χ0) is 23.4. The third kappa shape index (κ3) is 5.51. The summed E-state index contributed by atoms with van der Waals surface area (Å²) in [5, 5.41) is 9.20. The molecule has 168 valence electrons. The lowest BCUT2D eigenvalue weighted by Crippen LogP contribution is -2.50. The molecule has 7 nitrogen and oxygen atoms in total. The lowest BCUT2D eigenvalue weighted by atomic mass is 10.1. The Labute approximate surface area is 196 Å². The summed E-state index contributed by atoms with van der Waals surface area (Å²) in [6.07, 6.45) is -0.0759. The van der Waals surface area contributed by atoms with Gasteiger partial charge in [0.15, 0.2) is 0 Å². The first-order chi connectivity index (χ1) is 15.9. The molecule has 0 fully saturated rings. The van der Waals surface area contributed by atoms with Gasteiger partial charge in [0.2, 0.25) is 11.8 Å². The van der Waals surface area contributed by atoms with Crippen LogP contribution in [0.2, 0.25) is 5.02 Å². The number of aryl methyl sites for hydroxylation is 1. The SMILES string of the molecule is Cc1ccc(NC(=O)C[C@@H]2Nc3ccccc3N(CC(=O)Nc3cccc(Cl)c3)C2=O)cc1. The summed E-state index contributed by atoms with van der Waals surface area (Å²) in [7, 11) is 0. The summed E-state index contributed by atoms with van der Waals surface area (Å²) in [4.78, 5) is 40.0. The van der Waals surface area contributed by atoms with E-state index in [1.54, 1.807) is 36.4 Å². The minimum absolute atomic E-state index is 0.0759. The fourth-order valence-electron chi connectivity index (χ4n) is 3.63. The van der Waals surface area contributed by atoms with Gasteiger partial charge in [-0.2, -0.15) is 0 Å². The molecule has 4 rings (SSSR count). The first kappa shape index (κ1) is 22.4. The van der Waals surface area contributed by atoms with Gasteiger partial charge in [0, 0.05) is 16.4 Å². The molecular weight excluding hydrogens is 440 g/mol. The average Bonchev–Trinajstić information content (AvgIpc) is 2.78. The van der Waals surface area contributed by atoms with Crippen LogP contribution in [-0.2, 0) is 14.4 Å². The van der Waals surface area contributed by atoms with Crippen molar-refractivity contribution in [2.75, 3.05) is 27.4 Å². The highest BCUT2D eigenvalue weighted by Crippen LogP contribution is 2.32. The fraction of sp³-hybridized carbons (Fsp3) is 0.160. The lowest BCUT2D eigenvalue weighted by Gasteiger charge is -2.34. The number of nitrogens with zero attached hydrogens (tertiary/aromatic N) is 1. The van der Waals surface area contributed by atoms with Crippen LogP contribution >= 0.6 is 11.6 Å². The van der Waals surface area contributed by atoms with Crippen molar-refractivity contribution in [3.8, 4) is 0 Å². The first-order valence-electron chi connectivity index (χ1n) is 10.5. The van der Waals surface area contributed by atoms with E-state index in [0.717, 1.165) is 5.56 Å². The Kier molecular flexibility index (Phi) is 6.60. The van der Waals surface area contributed by atoms with Gasteiger partial charge in [0.25, 0.3) is 5.91 Å². The highest BCUT2D eigenvalue weighted by atomic mass is 35.5. The minimum Gasteiger partial charge on any atom is -0.372 e. The van der Waals surface area contributed by atoms with Crippen molar-refractivity contribution in [3.63, 3.8) is 0 Å². The number of nitrogens with one attached hydrogen (secondary N) is 3. The Hall–Kier alpha value is -3.84. The van der Waals surface area contributed by atoms with E-state index in [1.165, 1.54) is 4.90 Å². The third-order valence-electron chi connectivity index (χ3n) is 5.22. The number of rotatable bonds is 6. The smallest absolute Gasteiger partial charge is 0.250 e. The van der Waals surface area contributed by atoms with Crippen LogP contribution in [0.4, 0.5) is 22.7 Å². The molecule has 0 saturated carbocycles. The molecule has 1 aliphatic heterocycles. The number of carbonyl (C=O) groups excluding carboxylic acids is 3. The van der Waals surface area contributed by atoms with Gasteiger partial charge in [-0.25, -0.2) is 0 Å². The number of para-hydroxylation sites is 2. The third-order valence-corrected chi connectivity index (χ3v) is 5.46. The van der Waals surface area contributed by atoms with E-state index in [4.69, 9.17) is 11.6 Å². The van der Waals surface area contributed by atoms with Crippen molar-refractivity contribution in [2.24, 2.45) is 0 Å². The first-order valence-corrected chi connectivity index (χ1v) is 10.9. The zero-order valence-electron chi connectivity index (χ0n) is 18.0. The molecular formula is C25H23ClN4O3. The van der Waals surface area contributed by atoms with Gasteiger partial charge >= 0.3 is 0 Å². The van der Waals surface area contributed by atoms with E-state index in [9.17, 15) is 14.4 Å². The second-order valence-corrected chi connectivity index (χ2v) is 8.25. The quantitative estimate of drug-likeness (QED) is 0.505. The molecule has 0 aliphatic carbocycles. The van der Waals surface area contributed by atoms with Crippen molar-refractivity contribution in [1.29, 1.82) is 0 Å². The van der Waals surface area contributed by atoms with E-state index in [2.05, 4.69) is 16.0 Å². The van der Waals surface area contributed by atoms with Crippen LogP contribution in [0.3, 0.4) is 0 Å². The molecule has 0 spiro atoms. The van der Waals surface area contributed by atoms with Crippen molar-refractivity contribution in [2.45, 2.75) is 19.4 Å². The van der Waals surface area contributed by atoms with Gasteiger partial charge in [-0.05, 0) is 49.4 Å². The van der Waals surface area contributed by atoms with Crippen molar-refractivity contribution >= 4 is 52.1 Å². The van der Waals surface area contributed by atoms with Crippen LogP contribution in [-0.4, -0.2) is 30.3 Å². The standard InChI is InChI=1S/C25H23ClN4O3/c1-16-9-11-18(12-10-16)27-23(31)14-21-25(33)30(22-8-3-2-7-20(22)29-21)15-24(32)28-19-6-4-5-17(26)13-19/h2-13,21,29H,14-15H2,1H3,(H,27,31)(H,28,32)/t21-/m0/s1. The Balaban J connectivity index is 1.48. The number of benzene rings is 3. The maximum absolute atomic E-state index is 13.2. The van der Waals surface area contributed by atoms with E-state index >= 15 is 0 Å². The number of fused-ring (bicyclic) bond motifs is 1. The number of anilines is 4. The van der Waals surface area contributed by atoms with Gasteiger partial charge in [-0.15, -0.1) is 0 Å². The lowest BCUT2D eigenvalue weighted by molar-refractivity contribution is -0.124. The maximum Gasteiger partial charge on any atom is 0.250 e. The van der Waals surface area contributed by atoms with E-state index in [0.29, 0.717) is 27.8 Å². The monoisotopic (exact) mass is 462 g/mol. The number of halogens is 1. The van der Waals surface area contributed by atoms with Gasteiger partial charge in [-0.1, -0.05) is 47.5 Å². The van der Waals surface area contributed by atoms with Gasteiger partial charge in [-0.3, -0.25) is 19.3 Å². The second-order valence-electron chi connectivity index (χ2n) is 7.82. The van der Waals surface area contributed by atoms with Gasteiger partial charge in [0.1, 0.15) is 12.6 Å². The Morgan fingerprint density at radius 1 is 0.939 bits per heavy atom. The summed E-state index contributed by atoms with van der Waals surface area (Å²) in [6, 6.07) is 20.6. The van der Waals surface area contributed by atoms with Crippen LogP contribution in [0, 0.1) is 6.92 Å². The van der Waals surface area contributed by atoms with E-state index in [-0.39, 0.29) is 30.7 Å². The minimum atomic E-state index is -0.802. The zero-order valence-corrected chi connectivity index (χ0v) is 18.7. The predicted octanol–water partition coefficient (Wildman–Crippen LogP) is 4.44. The summed E-state index contributed by atoms with van der Waals surface area (Å²) < 4.78 is 0. The van der Waals surface area contributed by atoms with Crippen molar-refractivity contribution in [3.05, 3.63) is 83.4 Å². The van der Waals surface area contributed by atoms with Crippen LogP contribution in [0.1, 0.15) is 12.0 Å². The van der Waals surface area contributed by atoms with Crippen LogP contribution in [0.5, 0.6) is 0 Å². The van der Waals surface area contributed by atoms with Crippen molar-refractivity contribution < 1.29 is 14.4 Å². The molecule has 0 unspecified atom stereocenters. The molecule has 1 atom stereocenters. The van der Waals surface area contributed by atoms with Gasteiger partial charge in [0.05, 0.1) is 17.8 Å². The Morgan fingerprint density at radius 3 is 2.42 bits per heavy atom. The average molecular weight is 463 g/mol. The molecule has 3 amide bonds. The molecule has 0 radical (unpaired) electrons. The molecule has 0 aromatic heterocycles. The van der Waals surface area contributed by atoms with Crippen molar-refractivity contribution in [1.82, 2.24) is 0 Å². The molecule has 0 saturated heterocycles. The Bertz CT molecular complexity index is 1200. The maximum atomic E-state index is 13.2. The molecule has 3 aromatic carbocycles. The predicted molar refractivity (Wildman–Crippen MR) is 131 cm³/mol. The number of hydrogen-bond donors (Lipinski definition) is 3. The number of hydrogen-bond acceptors (Lipinski definition) is 4. The number of carbonyl (C=O) groups is 3. The molecule has 1 aliphatic rings. The highest BCUT2D eigenvalue weighted by molar-refractivity contribution is 6.30. The van der Waals surface area contributed by atoms with E-state index < -0.39 is 6.04 Å². The molecule has 8 heteroatoms. The fourth-order valence-corrected chi connectivity index (χ4v) is 3.82. The molecule has 33 heavy (non-hydrogen) atoms. The van der Waals surface area contributed by atoms with E-state index in [1.807, 2.05) is 43.3 Å². The number of amides is 3. The van der Waals surface area contributed by atoms with Crippen LogP contribution < -0.4 is 20.9 Å². The summed E-state index contributed by atoms with van der Waals surface area (Å²) in [5.41, 5.74) is 3.55. The molecule has 0 bridgehead atoms. The highest BCUT2D eigenvalue weighted by Gasteiger charge is 2.34. The summed E-state index contributed by atoms with van der Waals surface area (Å²) >= 11 is 5.98. The Morgan fingerprint density at radius 2 is 1.67 bits per heavy atom. The molecule has 3 aromatic rings. The van der Waals surface area contributed by atoms with Gasteiger partial charge < -0.3 is 16.0 Å². The van der Waals surface area contributed by atoms with Crippen LogP contribution in [0.15, 0.2) is 72.8 Å². The normalized spacial score (nSPS) is 14.8. The molecule has 1 heterocycles. The summed E-state index contributed by atoms with van der Waals surface area (Å²) in [6.45, 7) is 1.77. The second kappa shape index (κ2) is 9.75. The summed E-state index contributed by atoms with van der Waals surface area (Å²) in [5.74, 6) is -1.02. The molecule has 3 N–H and O–H groups in total. The topological polar surface area (TPSA) is 90.5 Å².